The van der Waals surface area contributed by atoms with Crippen LogP contribution < -0.4 is 10.1 Å². The lowest BCUT2D eigenvalue weighted by atomic mass is 10.2. The molecule has 1 unspecified atom stereocenters. The van der Waals surface area contributed by atoms with Crippen molar-refractivity contribution in [3.05, 3.63) is 28.3 Å². The van der Waals surface area contributed by atoms with Crippen LogP contribution >= 0.6 is 0 Å². The molecule has 0 saturated heterocycles. The van der Waals surface area contributed by atoms with Crippen molar-refractivity contribution in [2.45, 2.75) is 26.8 Å². The van der Waals surface area contributed by atoms with Crippen molar-refractivity contribution < 1.29 is 14.4 Å². The normalized spacial score (nSPS) is 11.9. The lowest BCUT2D eigenvalue weighted by molar-refractivity contribution is -0.384. The number of nitrogens with zero attached hydrogens (tertiary/aromatic N) is 1. The van der Waals surface area contributed by atoms with E-state index in [2.05, 4.69) is 5.32 Å². The third kappa shape index (κ3) is 4.75. The molecular weight excluding hydrogens is 248 g/mol. The number of hydrogen-bond donors (Lipinski definition) is 1. The second-order valence-corrected chi connectivity index (χ2v) is 4.07. The molecule has 0 aliphatic carbocycles. The van der Waals surface area contributed by atoms with E-state index in [0.717, 1.165) is 0 Å². The fourth-order valence-electron chi connectivity index (χ4n) is 1.64. The molecule has 1 aromatic rings. The zero-order valence-electron chi connectivity index (χ0n) is 11.5. The molecule has 0 aliphatic rings. The average molecular weight is 268 g/mol. The standard InChI is InChI=1S/C13H20N2O4/c1-4-18-9-10(3)14-12-7-6-11(19-5-2)8-13(12)15(16)17/h6-8,10,14H,4-5,9H2,1-3H3. The van der Waals surface area contributed by atoms with Gasteiger partial charge < -0.3 is 14.8 Å². The van der Waals surface area contributed by atoms with Gasteiger partial charge in [-0.15, -0.1) is 0 Å². The fraction of sp³-hybridized carbons (Fsp3) is 0.538. The van der Waals surface area contributed by atoms with Gasteiger partial charge in [0.1, 0.15) is 11.4 Å². The van der Waals surface area contributed by atoms with Crippen LogP contribution in [0.25, 0.3) is 0 Å². The Morgan fingerprint density at radius 3 is 2.68 bits per heavy atom. The van der Waals surface area contributed by atoms with Crippen molar-refractivity contribution in [2.75, 3.05) is 25.1 Å². The van der Waals surface area contributed by atoms with Crippen LogP contribution in [-0.2, 0) is 4.74 Å². The quantitative estimate of drug-likeness (QED) is 0.579. The maximum atomic E-state index is 11.1. The molecule has 0 bridgehead atoms. The van der Waals surface area contributed by atoms with Crippen molar-refractivity contribution in [1.29, 1.82) is 0 Å². The zero-order chi connectivity index (χ0) is 14.3. The maximum absolute atomic E-state index is 11.1. The summed E-state index contributed by atoms with van der Waals surface area (Å²) >= 11 is 0. The topological polar surface area (TPSA) is 73.6 Å². The van der Waals surface area contributed by atoms with E-state index in [1.165, 1.54) is 6.07 Å². The highest BCUT2D eigenvalue weighted by Crippen LogP contribution is 2.29. The summed E-state index contributed by atoms with van der Waals surface area (Å²) in [7, 11) is 0. The number of nitrogens with one attached hydrogen (secondary N) is 1. The Bertz CT molecular complexity index is 423. The Morgan fingerprint density at radius 1 is 1.37 bits per heavy atom. The second-order valence-electron chi connectivity index (χ2n) is 4.07. The van der Waals surface area contributed by atoms with Gasteiger partial charge in [0.25, 0.3) is 5.69 Å². The van der Waals surface area contributed by atoms with Crippen LogP contribution in [0.1, 0.15) is 20.8 Å². The smallest absolute Gasteiger partial charge is 0.296 e. The van der Waals surface area contributed by atoms with Gasteiger partial charge in [-0.3, -0.25) is 10.1 Å². The molecule has 0 fully saturated rings. The number of nitro groups is 1. The molecule has 1 rings (SSSR count). The van der Waals surface area contributed by atoms with Crippen molar-refractivity contribution in [3.63, 3.8) is 0 Å². The van der Waals surface area contributed by atoms with Gasteiger partial charge in [-0.2, -0.15) is 0 Å². The van der Waals surface area contributed by atoms with Crippen LogP contribution in [-0.4, -0.2) is 30.8 Å². The molecule has 106 valence electrons. The maximum Gasteiger partial charge on any atom is 0.296 e. The molecule has 1 atom stereocenters. The van der Waals surface area contributed by atoms with Crippen molar-refractivity contribution in [2.24, 2.45) is 0 Å². The van der Waals surface area contributed by atoms with Gasteiger partial charge in [0.2, 0.25) is 0 Å². The molecule has 1 N–H and O–H groups in total. The SMILES string of the molecule is CCOCC(C)Nc1ccc(OCC)cc1[N+](=O)[O-]. The number of benzene rings is 1. The van der Waals surface area contributed by atoms with Crippen LogP contribution in [0.2, 0.25) is 0 Å². The summed E-state index contributed by atoms with van der Waals surface area (Å²) in [6, 6.07) is 4.80. The zero-order valence-corrected chi connectivity index (χ0v) is 11.5. The van der Waals surface area contributed by atoms with Gasteiger partial charge in [0.15, 0.2) is 0 Å². The number of ether oxygens (including phenoxy) is 2. The number of anilines is 1. The summed E-state index contributed by atoms with van der Waals surface area (Å²) in [6.45, 7) is 7.26. The van der Waals surface area contributed by atoms with Crippen molar-refractivity contribution in [1.82, 2.24) is 0 Å². The molecule has 0 saturated carbocycles. The summed E-state index contributed by atoms with van der Waals surface area (Å²) in [4.78, 5) is 10.6. The van der Waals surface area contributed by atoms with Crippen molar-refractivity contribution in [3.8, 4) is 5.75 Å². The summed E-state index contributed by atoms with van der Waals surface area (Å²) < 4.78 is 10.5. The third-order valence-corrected chi connectivity index (χ3v) is 2.45. The van der Waals surface area contributed by atoms with E-state index in [1.807, 2.05) is 20.8 Å². The molecule has 0 aliphatic heterocycles. The molecule has 0 aromatic heterocycles. The highest BCUT2D eigenvalue weighted by atomic mass is 16.6. The predicted molar refractivity (Wildman–Crippen MR) is 73.8 cm³/mol. The average Bonchev–Trinajstić information content (AvgIpc) is 2.38. The van der Waals surface area contributed by atoms with Gasteiger partial charge in [-0.1, -0.05) is 0 Å². The van der Waals surface area contributed by atoms with Gasteiger partial charge in [0.05, 0.1) is 24.2 Å². The van der Waals surface area contributed by atoms with E-state index in [1.54, 1.807) is 12.1 Å². The summed E-state index contributed by atoms with van der Waals surface area (Å²) in [5, 5.41) is 14.1. The molecule has 1 aromatic carbocycles. The Kier molecular flexibility index (Phi) is 6.08. The number of nitro benzene ring substituents is 1. The lowest BCUT2D eigenvalue weighted by Gasteiger charge is -2.15. The predicted octanol–water partition coefficient (Wildman–Crippen LogP) is 2.83. The van der Waals surface area contributed by atoms with E-state index < -0.39 is 4.92 Å². The van der Waals surface area contributed by atoms with E-state index >= 15 is 0 Å². The van der Waals surface area contributed by atoms with Gasteiger partial charge in [-0.25, -0.2) is 0 Å². The molecule has 19 heavy (non-hydrogen) atoms. The molecule has 0 radical (unpaired) electrons. The largest absolute Gasteiger partial charge is 0.494 e. The highest BCUT2D eigenvalue weighted by molar-refractivity contribution is 5.64. The Labute approximate surface area is 112 Å². The van der Waals surface area contributed by atoms with E-state index in [9.17, 15) is 10.1 Å². The first kappa shape index (κ1) is 15.2. The van der Waals surface area contributed by atoms with Crippen LogP contribution in [0, 0.1) is 10.1 Å². The Hall–Kier alpha value is -1.82. The Balaban J connectivity index is 2.84. The van der Waals surface area contributed by atoms with E-state index in [4.69, 9.17) is 9.47 Å². The van der Waals surface area contributed by atoms with Gasteiger partial charge >= 0.3 is 0 Å². The molecule has 6 nitrogen and oxygen atoms in total. The lowest BCUT2D eigenvalue weighted by Crippen LogP contribution is -2.22. The number of rotatable bonds is 8. The van der Waals surface area contributed by atoms with Gasteiger partial charge in [-0.05, 0) is 32.9 Å². The van der Waals surface area contributed by atoms with E-state index in [-0.39, 0.29) is 11.7 Å². The van der Waals surface area contributed by atoms with Crippen LogP contribution in [0.3, 0.4) is 0 Å². The third-order valence-electron chi connectivity index (χ3n) is 2.45. The highest BCUT2D eigenvalue weighted by Gasteiger charge is 2.16. The molecule has 0 amide bonds. The monoisotopic (exact) mass is 268 g/mol. The molecule has 0 heterocycles. The molecule has 6 heteroatoms. The first-order valence-electron chi connectivity index (χ1n) is 6.34. The first-order valence-corrected chi connectivity index (χ1v) is 6.34. The summed E-state index contributed by atoms with van der Waals surface area (Å²) in [5.74, 6) is 0.497. The summed E-state index contributed by atoms with van der Waals surface area (Å²) in [6.07, 6.45) is 0. The van der Waals surface area contributed by atoms with Gasteiger partial charge in [0, 0.05) is 12.6 Å². The van der Waals surface area contributed by atoms with E-state index in [0.29, 0.717) is 31.3 Å². The minimum absolute atomic E-state index is 0.00315. The molecular formula is C13H20N2O4. The summed E-state index contributed by atoms with van der Waals surface area (Å²) in [5.41, 5.74) is 0.481. The van der Waals surface area contributed by atoms with Crippen LogP contribution in [0.5, 0.6) is 5.75 Å². The van der Waals surface area contributed by atoms with Crippen LogP contribution in [0.4, 0.5) is 11.4 Å². The molecule has 0 spiro atoms. The number of hydrogen-bond acceptors (Lipinski definition) is 5. The first-order chi connectivity index (χ1) is 9.08. The Morgan fingerprint density at radius 2 is 2.11 bits per heavy atom. The second kappa shape index (κ2) is 7.58. The van der Waals surface area contributed by atoms with Crippen LogP contribution in [0.15, 0.2) is 18.2 Å². The fourth-order valence-corrected chi connectivity index (χ4v) is 1.64. The van der Waals surface area contributed by atoms with Crippen molar-refractivity contribution >= 4 is 11.4 Å². The minimum atomic E-state index is -0.418. The minimum Gasteiger partial charge on any atom is -0.494 e.